The number of carbonyl (C=O) groups is 1. The Labute approximate surface area is 122 Å². The van der Waals surface area contributed by atoms with Crippen LogP contribution in [0.5, 0.6) is 0 Å². The van der Waals surface area contributed by atoms with E-state index >= 15 is 0 Å². The highest BCUT2D eigenvalue weighted by molar-refractivity contribution is 14.1. The molecule has 0 saturated carbocycles. The van der Waals surface area contributed by atoms with Gasteiger partial charge < -0.3 is 10.7 Å². The average Bonchev–Trinajstić information content (AvgIpc) is 2.42. The highest BCUT2D eigenvalue weighted by Crippen LogP contribution is 2.19. The van der Waals surface area contributed by atoms with Crippen molar-refractivity contribution < 1.29 is 9.18 Å². The Morgan fingerprint density at radius 2 is 2.11 bits per heavy atom. The molecule has 2 rings (SSSR count). The van der Waals surface area contributed by atoms with E-state index in [2.05, 4.69) is 15.7 Å². The van der Waals surface area contributed by atoms with Crippen LogP contribution >= 0.6 is 22.6 Å². The van der Waals surface area contributed by atoms with Gasteiger partial charge in [-0.25, -0.2) is 4.39 Å². The highest BCUT2D eigenvalue weighted by Gasteiger charge is 2.10. The maximum absolute atomic E-state index is 13.0. The molecule has 0 spiro atoms. The number of anilines is 2. The number of aromatic nitrogens is 1. The monoisotopic (exact) mass is 372 g/mol. The van der Waals surface area contributed by atoms with Crippen LogP contribution in [-0.2, 0) is 0 Å². The van der Waals surface area contributed by atoms with Gasteiger partial charge in [-0.1, -0.05) is 0 Å². The lowest BCUT2D eigenvalue weighted by atomic mass is 10.2. The molecule has 98 valence electrons. The van der Waals surface area contributed by atoms with E-state index in [0.717, 1.165) is 0 Å². The van der Waals surface area contributed by atoms with Crippen molar-refractivity contribution in [2.75, 3.05) is 10.7 Å². The molecular weight excluding hydrogens is 362 g/mol. The fourth-order valence-electron chi connectivity index (χ4n) is 1.42. The molecule has 1 heterocycles. The topological polar surface area (TPSA) is 80.0 Å². The highest BCUT2D eigenvalue weighted by atomic mass is 127. The van der Waals surface area contributed by atoms with Crippen molar-refractivity contribution in [1.82, 2.24) is 4.98 Å². The molecule has 5 nitrogen and oxygen atoms in total. The smallest absolute Gasteiger partial charge is 0.274 e. The van der Waals surface area contributed by atoms with Crippen LogP contribution in [0.25, 0.3) is 0 Å². The van der Waals surface area contributed by atoms with Gasteiger partial charge in [-0.2, -0.15) is 0 Å². The lowest BCUT2D eigenvalue weighted by Gasteiger charge is -2.08. The second kappa shape index (κ2) is 5.93. The molecule has 7 heteroatoms. The Morgan fingerprint density at radius 3 is 2.79 bits per heavy atom. The van der Waals surface area contributed by atoms with Crippen LogP contribution in [0.1, 0.15) is 10.5 Å². The SMILES string of the molecule is NNc1ccnc(C(=O)Nc2ccc(F)cc2I)c1. The second-order valence-corrected chi connectivity index (χ2v) is 4.81. The molecule has 1 amide bonds. The predicted molar refractivity (Wildman–Crippen MR) is 79.1 cm³/mol. The van der Waals surface area contributed by atoms with Crippen molar-refractivity contribution in [2.24, 2.45) is 5.84 Å². The number of nitrogen functional groups attached to an aromatic ring is 1. The number of rotatable bonds is 3. The average molecular weight is 372 g/mol. The van der Waals surface area contributed by atoms with Gasteiger partial charge in [0, 0.05) is 9.77 Å². The number of hydrazine groups is 1. The van der Waals surface area contributed by atoms with E-state index in [-0.39, 0.29) is 17.4 Å². The van der Waals surface area contributed by atoms with Gasteiger partial charge in [0.05, 0.1) is 11.4 Å². The van der Waals surface area contributed by atoms with Gasteiger partial charge in [0.2, 0.25) is 0 Å². The maximum atomic E-state index is 13.0. The largest absolute Gasteiger partial charge is 0.324 e. The second-order valence-electron chi connectivity index (χ2n) is 3.65. The zero-order valence-corrected chi connectivity index (χ0v) is 11.8. The van der Waals surface area contributed by atoms with Crippen LogP contribution < -0.4 is 16.6 Å². The summed E-state index contributed by atoms with van der Waals surface area (Å²) in [7, 11) is 0. The number of amides is 1. The first-order valence-electron chi connectivity index (χ1n) is 5.29. The van der Waals surface area contributed by atoms with Crippen molar-refractivity contribution in [3.05, 3.63) is 51.6 Å². The molecule has 19 heavy (non-hydrogen) atoms. The molecular formula is C12H10FIN4O. The van der Waals surface area contributed by atoms with E-state index < -0.39 is 0 Å². The van der Waals surface area contributed by atoms with Gasteiger partial charge in [-0.05, 0) is 52.9 Å². The molecule has 1 aromatic carbocycles. The van der Waals surface area contributed by atoms with Gasteiger partial charge in [0.15, 0.2) is 0 Å². The molecule has 4 N–H and O–H groups in total. The Hall–Kier alpha value is -1.74. The predicted octanol–water partition coefficient (Wildman–Crippen LogP) is 2.36. The number of nitrogens with one attached hydrogen (secondary N) is 2. The fourth-order valence-corrected chi connectivity index (χ4v) is 2.03. The summed E-state index contributed by atoms with van der Waals surface area (Å²) < 4.78 is 13.6. The molecule has 0 bridgehead atoms. The standard InChI is InChI=1S/C12H10FIN4O/c13-7-1-2-10(9(14)5-7)17-12(19)11-6-8(18-15)3-4-16-11/h1-6H,15H2,(H,16,18)(H,17,19). The van der Waals surface area contributed by atoms with Crippen molar-refractivity contribution in [3.8, 4) is 0 Å². The van der Waals surface area contributed by atoms with Crippen molar-refractivity contribution >= 4 is 39.9 Å². The van der Waals surface area contributed by atoms with Crippen LogP contribution in [0.3, 0.4) is 0 Å². The summed E-state index contributed by atoms with van der Waals surface area (Å²) in [6.45, 7) is 0. The number of halogens is 2. The third-order valence-electron chi connectivity index (χ3n) is 2.34. The maximum Gasteiger partial charge on any atom is 0.274 e. The summed E-state index contributed by atoms with van der Waals surface area (Å²) in [4.78, 5) is 15.9. The number of benzene rings is 1. The van der Waals surface area contributed by atoms with Gasteiger partial charge >= 0.3 is 0 Å². The summed E-state index contributed by atoms with van der Waals surface area (Å²) in [5.41, 5.74) is 3.76. The molecule has 0 aliphatic rings. The van der Waals surface area contributed by atoms with Crippen LogP contribution in [0.15, 0.2) is 36.5 Å². The third kappa shape index (κ3) is 3.38. The lowest BCUT2D eigenvalue weighted by molar-refractivity contribution is 0.102. The molecule has 0 aliphatic heterocycles. The molecule has 1 aromatic heterocycles. The summed E-state index contributed by atoms with van der Waals surface area (Å²) in [5, 5.41) is 2.66. The Bertz CT molecular complexity index is 620. The quantitative estimate of drug-likeness (QED) is 0.439. The molecule has 0 atom stereocenters. The first kappa shape index (κ1) is 13.7. The van der Waals surface area contributed by atoms with Crippen LogP contribution in [0.4, 0.5) is 15.8 Å². The van der Waals surface area contributed by atoms with Crippen molar-refractivity contribution in [3.63, 3.8) is 0 Å². The first-order valence-corrected chi connectivity index (χ1v) is 6.37. The van der Waals surface area contributed by atoms with Gasteiger partial charge in [-0.15, -0.1) is 0 Å². The minimum atomic E-state index is -0.387. The number of hydrogen-bond donors (Lipinski definition) is 3. The summed E-state index contributed by atoms with van der Waals surface area (Å²) in [6, 6.07) is 7.27. The Kier molecular flexibility index (Phi) is 4.27. The lowest BCUT2D eigenvalue weighted by Crippen LogP contribution is -2.15. The molecule has 0 fully saturated rings. The summed E-state index contributed by atoms with van der Waals surface area (Å²) >= 11 is 1.95. The van der Waals surface area contributed by atoms with E-state index in [1.807, 2.05) is 22.6 Å². The minimum Gasteiger partial charge on any atom is -0.324 e. The van der Waals surface area contributed by atoms with E-state index in [9.17, 15) is 9.18 Å². The number of carbonyl (C=O) groups excluding carboxylic acids is 1. The Balaban J connectivity index is 2.20. The van der Waals surface area contributed by atoms with Crippen LogP contribution in [-0.4, -0.2) is 10.9 Å². The van der Waals surface area contributed by atoms with Gasteiger partial charge in [-0.3, -0.25) is 15.6 Å². The van der Waals surface area contributed by atoms with Crippen LogP contribution in [0, 0.1) is 9.39 Å². The van der Waals surface area contributed by atoms with Crippen molar-refractivity contribution in [1.29, 1.82) is 0 Å². The number of nitrogens with two attached hydrogens (primary N) is 1. The third-order valence-corrected chi connectivity index (χ3v) is 3.23. The fraction of sp³-hybridized carbons (Fsp3) is 0. The zero-order valence-electron chi connectivity index (χ0n) is 9.65. The first-order chi connectivity index (χ1) is 9.10. The summed E-state index contributed by atoms with van der Waals surface area (Å²) in [5.74, 6) is 4.52. The van der Waals surface area contributed by atoms with E-state index in [0.29, 0.717) is 14.9 Å². The number of nitrogens with zero attached hydrogens (tertiary/aromatic N) is 1. The van der Waals surface area contributed by atoms with Gasteiger partial charge in [0.1, 0.15) is 11.5 Å². The number of hydrogen-bond acceptors (Lipinski definition) is 4. The normalized spacial score (nSPS) is 10.1. The molecule has 0 unspecified atom stereocenters. The minimum absolute atomic E-state index is 0.218. The van der Waals surface area contributed by atoms with Crippen molar-refractivity contribution in [2.45, 2.75) is 0 Å². The van der Waals surface area contributed by atoms with E-state index in [1.54, 1.807) is 6.07 Å². The zero-order chi connectivity index (χ0) is 13.8. The molecule has 0 radical (unpaired) electrons. The summed E-state index contributed by atoms with van der Waals surface area (Å²) in [6.07, 6.45) is 1.47. The van der Waals surface area contributed by atoms with Crippen LogP contribution in [0.2, 0.25) is 0 Å². The Morgan fingerprint density at radius 1 is 1.32 bits per heavy atom. The molecule has 2 aromatic rings. The number of pyridine rings is 1. The molecule has 0 saturated heterocycles. The van der Waals surface area contributed by atoms with E-state index in [4.69, 9.17) is 5.84 Å². The van der Waals surface area contributed by atoms with Gasteiger partial charge in [0.25, 0.3) is 5.91 Å². The van der Waals surface area contributed by atoms with E-state index in [1.165, 1.54) is 30.5 Å². The molecule has 0 aliphatic carbocycles.